The summed E-state index contributed by atoms with van der Waals surface area (Å²) in [5.41, 5.74) is 0.716. The van der Waals surface area contributed by atoms with E-state index >= 15 is 0 Å². The first-order valence-electron chi connectivity index (χ1n) is 8.53. The summed E-state index contributed by atoms with van der Waals surface area (Å²) in [5, 5.41) is 27.8. The average molecular weight is 379 g/mol. The highest BCUT2D eigenvalue weighted by Gasteiger charge is 2.18. The maximum Gasteiger partial charge on any atom is 0.323 e. The van der Waals surface area contributed by atoms with E-state index < -0.39 is 17.2 Å². The minimum atomic E-state index is -3.03. The van der Waals surface area contributed by atoms with Crippen molar-refractivity contribution in [1.29, 1.82) is 0 Å². The number of aromatic nitrogens is 4. The fourth-order valence-electron chi connectivity index (χ4n) is 3.19. The summed E-state index contributed by atoms with van der Waals surface area (Å²) in [6.45, 7) is 1.64. The van der Waals surface area contributed by atoms with E-state index in [1.165, 1.54) is 22.9 Å². The number of imidazole rings is 1. The summed E-state index contributed by atoms with van der Waals surface area (Å²) in [5.74, 6) is -3.03. The van der Waals surface area contributed by atoms with Gasteiger partial charge in [0, 0.05) is 7.05 Å². The molecular formula is C19H17N5O4-2. The van der Waals surface area contributed by atoms with Gasteiger partial charge in [-0.1, -0.05) is 29.8 Å². The Morgan fingerprint density at radius 3 is 2.39 bits per heavy atom. The van der Waals surface area contributed by atoms with Crippen molar-refractivity contribution < 1.29 is 10.2 Å². The Labute approximate surface area is 158 Å². The number of benzene rings is 2. The molecule has 2 aromatic heterocycles. The van der Waals surface area contributed by atoms with Gasteiger partial charge in [0.1, 0.15) is 5.69 Å². The van der Waals surface area contributed by atoms with Gasteiger partial charge in [-0.15, -0.1) is 5.91 Å². The van der Waals surface area contributed by atoms with Crippen molar-refractivity contribution in [3.05, 3.63) is 80.6 Å². The van der Waals surface area contributed by atoms with E-state index in [1.54, 1.807) is 42.9 Å². The van der Waals surface area contributed by atoms with Crippen LogP contribution in [-0.2, 0) is 13.0 Å². The van der Waals surface area contributed by atoms with Gasteiger partial charge in [-0.2, -0.15) is 0 Å². The lowest BCUT2D eigenvalue weighted by Crippen LogP contribution is -2.59. The van der Waals surface area contributed by atoms with Crippen molar-refractivity contribution in [3.63, 3.8) is 0 Å². The number of nitrogens with one attached hydrogen (secondary N) is 3. The number of aromatic amines is 2. The standard InChI is InChI=1S/C19H17N5O4/c1-11-16(17(25)24(23(11)2)13-6-4-3-5-7-13)22-19(27,28)12-8-9-14-15(10-12)21-18(26)20-14/h3-10,22H,1-2H3,(H2,20,21,26)/q-2. The molecule has 0 atom stereocenters. The first kappa shape index (κ1) is 17.8. The molecule has 0 amide bonds. The molecule has 3 N–H and O–H groups in total. The van der Waals surface area contributed by atoms with Gasteiger partial charge < -0.3 is 25.5 Å². The molecule has 0 unspecified atom stereocenters. The van der Waals surface area contributed by atoms with Crippen LogP contribution in [0.5, 0.6) is 0 Å². The van der Waals surface area contributed by atoms with Crippen LogP contribution in [0.15, 0.2) is 58.1 Å². The molecule has 144 valence electrons. The fraction of sp³-hybridized carbons (Fsp3) is 0.158. The molecule has 0 spiro atoms. The first-order chi connectivity index (χ1) is 13.3. The van der Waals surface area contributed by atoms with E-state index in [0.717, 1.165) is 0 Å². The van der Waals surface area contributed by atoms with E-state index in [1.807, 2.05) is 6.07 Å². The number of H-pyrrole nitrogens is 2. The third-order valence-corrected chi connectivity index (χ3v) is 4.74. The maximum absolute atomic E-state index is 12.9. The SMILES string of the molecule is Cc1c(NC([O-])([O-])c2ccc3[nH]c(=O)[nH]c3c2)c(=O)n(-c2ccccc2)n1C. The third-order valence-electron chi connectivity index (χ3n) is 4.74. The maximum atomic E-state index is 12.9. The van der Waals surface area contributed by atoms with Crippen molar-refractivity contribution in [2.45, 2.75) is 12.8 Å². The molecule has 2 aromatic carbocycles. The van der Waals surface area contributed by atoms with Crippen LogP contribution in [0.1, 0.15) is 11.3 Å². The van der Waals surface area contributed by atoms with E-state index in [0.29, 0.717) is 22.4 Å². The summed E-state index contributed by atoms with van der Waals surface area (Å²) in [6.07, 6.45) is 0. The summed E-state index contributed by atoms with van der Waals surface area (Å²) in [7, 11) is 1.67. The van der Waals surface area contributed by atoms with Gasteiger partial charge in [0.2, 0.25) is 0 Å². The quantitative estimate of drug-likeness (QED) is 0.415. The van der Waals surface area contributed by atoms with Crippen molar-refractivity contribution in [2.24, 2.45) is 7.05 Å². The number of nitrogens with zero attached hydrogens (tertiary/aromatic N) is 2. The monoisotopic (exact) mass is 379 g/mol. The van der Waals surface area contributed by atoms with Gasteiger partial charge >= 0.3 is 5.69 Å². The van der Waals surface area contributed by atoms with Gasteiger partial charge in [-0.05, 0) is 31.2 Å². The molecular weight excluding hydrogens is 362 g/mol. The number of hydrogen-bond donors (Lipinski definition) is 3. The van der Waals surface area contributed by atoms with Crippen molar-refractivity contribution in [1.82, 2.24) is 19.3 Å². The van der Waals surface area contributed by atoms with E-state index in [2.05, 4.69) is 15.3 Å². The minimum absolute atomic E-state index is 0.0704. The predicted octanol–water partition coefficient (Wildman–Crippen LogP) is -0.403. The Morgan fingerprint density at radius 1 is 1.00 bits per heavy atom. The molecule has 0 saturated carbocycles. The average Bonchev–Trinajstić information content (AvgIpc) is 3.13. The topological polar surface area (TPSA) is 134 Å². The molecule has 9 heteroatoms. The molecule has 9 nitrogen and oxygen atoms in total. The highest BCUT2D eigenvalue weighted by molar-refractivity contribution is 5.75. The highest BCUT2D eigenvalue weighted by Crippen LogP contribution is 2.21. The fourth-order valence-corrected chi connectivity index (χ4v) is 3.19. The van der Waals surface area contributed by atoms with E-state index in [4.69, 9.17) is 0 Å². The first-order valence-corrected chi connectivity index (χ1v) is 8.53. The predicted molar refractivity (Wildman–Crippen MR) is 100.0 cm³/mol. The molecule has 0 saturated heterocycles. The Balaban J connectivity index is 1.77. The van der Waals surface area contributed by atoms with Crippen molar-refractivity contribution in [2.75, 3.05) is 5.32 Å². The lowest BCUT2D eigenvalue weighted by atomic mass is 10.1. The summed E-state index contributed by atoms with van der Waals surface area (Å²) in [6, 6.07) is 13.0. The highest BCUT2D eigenvalue weighted by atomic mass is 16.5. The normalized spacial score (nSPS) is 11.9. The van der Waals surface area contributed by atoms with Crippen LogP contribution < -0.4 is 26.8 Å². The number of para-hydroxylation sites is 1. The zero-order valence-electron chi connectivity index (χ0n) is 15.1. The Kier molecular flexibility index (Phi) is 3.98. The Bertz CT molecular complexity index is 1280. The molecule has 2 heterocycles. The largest absolute Gasteiger partial charge is 0.844 e. The smallest absolute Gasteiger partial charge is 0.323 e. The third kappa shape index (κ3) is 2.82. The van der Waals surface area contributed by atoms with E-state index in [9.17, 15) is 19.8 Å². The van der Waals surface area contributed by atoms with Gasteiger partial charge in [0.15, 0.2) is 0 Å². The number of anilines is 1. The van der Waals surface area contributed by atoms with Crippen LogP contribution in [0.25, 0.3) is 16.7 Å². The second-order valence-electron chi connectivity index (χ2n) is 6.52. The Hall–Kier alpha value is -3.56. The van der Waals surface area contributed by atoms with Crippen molar-refractivity contribution >= 4 is 16.7 Å². The number of fused-ring (bicyclic) bond motifs is 1. The molecule has 0 aliphatic carbocycles. The summed E-state index contributed by atoms with van der Waals surface area (Å²) < 4.78 is 2.95. The molecule has 0 radical (unpaired) electrons. The molecule has 4 aromatic rings. The van der Waals surface area contributed by atoms with Crippen LogP contribution in [0.3, 0.4) is 0 Å². The van der Waals surface area contributed by atoms with Crippen LogP contribution in [0.4, 0.5) is 5.69 Å². The minimum Gasteiger partial charge on any atom is -0.844 e. The second-order valence-corrected chi connectivity index (χ2v) is 6.52. The van der Waals surface area contributed by atoms with Crippen LogP contribution in [0.2, 0.25) is 0 Å². The van der Waals surface area contributed by atoms with Crippen LogP contribution in [-0.4, -0.2) is 19.3 Å². The van der Waals surface area contributed by atoms with Gasteiger partial charge in [0.25, 0.3) is 5.56 Å². The molecule has 4 rings (SSSR count). The van der Waals surface area contributed by atoms with Gasteiger partial charge in [0.05, 0.1) is 22.4 Å². The zero-order chi connectivity index (χ0) is 20.1. The Morgan fingerprint density at radius 2 is 1.68 bits per heavy atom. The van der Waals surface area contributed by atoms with Gasteiger partial charge in [-0.3, -0.25) is 9.48 Å². The molecule has 0 fully saturated rings. The van der Waals surface area contributed by atoms with Gasteiger partial charge in [-0.25, -0.2) is 9.48 Å². The molecule has 28 heavy (non-hydrogen) atoms. The molecule has 0 bridgehead atoms. The second kappa shape index (κ2) is 6.25. The van der Waals surface area contributed by atoms with Crippen LogP contribution in [0, 0.1) is 6.92 Å². The molecule has 0 aliphatic heterocycles. The lowest BCUT2D eigenvalue weighted by molar-refractivity contribution is -0.724. The number of hydrogen-bond acceptors (Lipinski definition) is 5. The summed E-state index contributed by atoms with van der Waals surface area (Å²) >= 11 is 0. The number of rotatable bonds is 4. The van der Waals surface area contributed by atoms with Crippen LogP contribution >= 0.6 is 0 Å². The summed E-state index contributed by atoms with van der Waals surface area (Å²) in [4.78, 5) is 29.3. The van der Waals surface area contributed by atoms with E-state index in [-0.39, 0.29) is 11.3 Å². The van der Waals surface area contributed by atoms with Crippen molar-refractivity contribution in [3.8, 4) is 5.69 Å². The zero-order valence-corrected chi connectivity index (χ0v) is 15.1. The lowest BCUT2D eigenvalue weighted by Gasteiger charge is -2.49. The molecule has 0 aliphatic rings.